The minimum Gasteiger partial charge on any atom is -0.299 e. The highest BCUT2D eigenvalue weighted by molar-refractivity contribution is 5.82. The monoisotopic (exact) mass is 232 g/mol. The molecule has 2 atom stereocenters. The van der Waals surface area contributed by atoms with E-state index in [9.17, 15) is 4.79 Å². The Labute approximate surface area is 106 Å². The molecular weight excluding hydrogens is 208 g/mol. The Bertz CT molecular complexity index is 305. The van der Waals surface area contributed by atoms with E-state index in [-0.39, 0.29) is 5.92 Å². The zero-order chi connectivity index (χ0) is 12.5. The summed E-state index contributed by atoms with van der Waals surface area (Å²) in [6.07, 6.45) is 10.0. The topological polar surface area (TPSA) is 17.1 Å². The predicted octanol–water partition coefficient (Wildman–Crippen LogP) is 4.13. The summed E-state index contributed by atoms with van der Waals surface area (Å²) in [7, 11) is 0. The second-order valence-electron chi connectivity index (χ2n) is 4.86. The molecule has 17 heavy (non-hydrogen) atoms. The molecule has 0 N–H and O–H groups in total. The molecule has 1 saturated carbocycles. The van der Waals surface area contributed by atoms with Gasteiger partial charge in [-0.15, -0.1) is 12.5 Å². The predicted molar refractivity (Wildman–Crippen MR) is 72.6 cm³/mol. The Morgan fingerprint density at radius 3 is 3.06 bits per heavy atom. The molecule has 0 bridgehead atoms. The van der Waals surface area contributed by atoms with E-state index in [1.54, 1.807) is 0 Å². The van der Waals surface area contributed by atoms with Crippen molar-refractivity contribution in [3.63, 3.8) is 0 Å². The van der Waals surface area contributed by atoms with Crippen molar-refractivity contribution < 1.29 is 4.79 Å². The lowest BCUT2D eigenvalue weighted by Crippen LogP contribution is -2.27. The normalized spacial score (nSPS) is 23.9. The fraction of sp³-hybridized carbons (Fsp3) is 0.688. The van der Waals surface area contributed by atoms with Gasteiger partial charge >= 0.3 is 0 Å². The molecule has 0 unspecified atom stereocenters. The van der Waals surface area contributed by atoms with Crippen LogP contribution in [0.3, 0.4) is 0 Å². The highest BCUT2D eigenvalue weighted by Crippen LogP contribution is 2.30. The van der Waals surface area contributed by atoms with Gasteiger partial charge in [-0.1, -0.05) is 25.3 Å². The van der Waals surface area contributed by atoms with Crippen LogP contribution in [0.2, 0.25) is 0 Å². The summed E-state index contributed by atoms with van der Waals surface area (Å²) >= 11 is 0. The third-order valence-corrected chi connectivity index (χ3v) is 3.46. The molecule has 0 aliphatic heterocycles. The number of allylic oxidation sites excluding steroid dienone is 1. The van der Waals surface area contributed by atoms with Crippen molar-refractivity contribution >= 4 is 5.78 Å². The van der Waals surface area contributed by atoms with Gasteiger partial charge in [-0.25, -0.2) is 0 Å². The Hall–Kier alpha value is -1.03. The van der Waals surface area contributed by atoms with Crippen LogP contribution in [-0.2, 0) is 4.79 Å². The van der Waals surface area contributed by atoms with E-state index in [1.807, 2.05) is 6.08 Å². The zero-order valence-corrected chi connectivity index (χ0v) is 11.0. The van der Waals surface area contributed by atoms with Gasteiger partial charge in [-0.3, -0.25) is 4.79 Å². The molecule has 1 aliphatic carbocycles. The highest BCUT2D eigenvalue weighted by atomic mass is 16.1. The van der Waals surface area contributed by atoms with Crippen LogP contribution in [0.15, 0.2) is 12.7 Å². The zero-order valence-electron chi connectivity index (χ0n) is 11.0. The molecule has 0 amide bonds. The van der Waals surface area contributed by atoms with Crippen molar-refractivity contribution in [1.82, 2.24) is 0 Å². The lowest BCUT2D eigenvalue weighted by atomic mass is 9.76. The van der Waals surface area contributed by atoms with E-state index >= 15 is 0 Å². The fourth-order valence-corrected chi connectivity index (χ4v) is 2.41. The van der Waals surface area contributed by atoms with Crippen molar-refractivity contribution in [2.45, 2.75) is 58.3 Å². The number of hydrogen-bond acceptors (Lipinski definition) is 1. The first kappa shape index (κ1) is 14.0. The minimum absolute atomic E-state index is 0.177. The molecule has 0 radical (unpaired) electrons. The average Bonchev–Trinajstić information content (AvgIpc) is 2.34. The molecule has 94 valence electrons. The van der Waals surface area contributed by atoms with Crippen LogP contribution in [0.5, 0.6) is 0 Å². The SMILES string of the molecule is C=CCC[C@@H]1C(=O)CCC[C@@H]1C#CCCCC. The van der Waals surface area contributed by atoms with Gasteiger partial charge in [0.1, 0.15) is 5.78 Å². The van der Waals surface area contributed by atoms with Gasteiger partial charge in [0.15, 0.2) is 0 Å². The van der Waals surface area contributed by atoms with Gasteiger partial charge in [0.25, 0.3) is 0 Å². The van der Waals surface area contributed by atoms with Gasteiger partial charge in [0, 0.05) is 24.7 Å². The van der Waals surface area contributed by atoms with Crippen LogP contribution in [0, 0.1) is 23.7 Å². The quantitative estimate of drug-likeness (QED) is 0.396. The summed E-state index contributed by atoms with van der Waals surface area (Å²) in [4.78, 5) is 11.9. The van der Waals surface area contributed by atoms with Crippen LogP contribution in [0.4, 0.5) is 0 Å². The van der Waals surface area contributed by atoms with Crippen LogP contribution < -0.4 is 0 Å². The van der Waals surface area contributed by atoms with Crippen molar-refractivity contribution in [2.24, 2.45) is 11.8 Å². The van der Waals surface area contributed by atoms with Gasteiger partial charge in [-0.05, 0) is 32.1 Å². The van der Waals surface area contributed by atoms with E-state index < -0.39 is 0 Å². The molecule has 0 heterocycles. The molecule has 1 nitrogen and oxygen atoms in total. The second kappa shape index (κ2) is 8.12. The van der Waals surface area contributed by atoms with E-state index in [0.717, 1.165) is 38.5 Å². The average molecular weight is 232 g/mol. The summed E-state index contributed by atoms with van der Waals surface area (Å²) in [6, 6.07) is 0. The second-order valence-corrected chi connectivity index (χ2v) is 4.86. The number of carbonyl (C=O) groups is 1. The summed E-state index contributed by atoms with van der Waals surface area (Å²) in [5.74, 6) is 7.51. The van der Waals surface area contributed by atoms with E-state index in [1.165, 1.54) is 12.8 Å². The molecule has 0 aromatic heterocycles. The number of unbranched alkanes of at least 4 members (excludes halogenated alkanes) is 2. The first-order valence-corrected chi connectivity index (χ1v) is 6.91. The van der Waals surface area contributed by atoms with Crippen molar-refractivity contribution in [2.75, 3.05) is 0 Å². The number of ketones is 1. The lowest BCUT2D eigenvalue weighted by molar-refractivity contribution is -0.125. The Morgan fingerprint density at radius 1 is 1.53 bits per heavy atom. The Kier molecular flexibility index (Phi) is 6.70. The van der Waals surface area contributed by atoms with Gasteiger partial charge in [0.05, 0.1) is 0 Å². The molecule has 0 aromatic carbocycles. The molecule has 1 aliphatic rings. The maximum absolute atomic E-state index is 11.9. The molecule has 1 heteroatoms. The molecule has 1 fully saturated rings. The van der Waals surface area contributed by atoms with Crippen LogP contribution in [0.1, 0.15) is 58.3 Å². The third-order valence-electron chi connectivity index (χ3n) is 3.46. The lowest BCUT2D eigenvalue weighted by Gasteiger charge is -2.26. The van der Waals surface area contributed by atoms with Crippen molar-refractivity contribution in [3.05, 3.63) is 12.7 Å². The number of rotatable bonds is 5. The van der Waals surface area contributed by atoms with E-state index in [4.69, 9.17) is 0 Å². The first-order chi connectivity index (χ1) is 8.29. The van der Waals surface area contributed by atoms with Crippen molar-refractivity contribution in [3.8, 4) is 11.8 Å². The maximum Gasteiger partial charge on any atom is 0.137 e. The highest BCUT2D eigenvalue weighted by Gasteiger charge is 2.29. The van der Waals surface area contributed by atoms with Crippen molar-refractivity contribution in [1.29, 1.82) is 0 Å². The molecule has 1 rings (SSSR count). The smallest absolute Gasteiger partial charge is 0.137 e. The molecule has 0 aromatic rings. The summed E-state index contributed by atoms with van der Waals surface area (Å²) in [5, 5.41) is 0. The largest absolute Gasteiger partial charge is 0.299 e. The fourth-order valence-electron chi connectivity index (χ4n) is 2.41. The Morgan fingerprint density at radius 2 is 2.35 bits per heavy atom. The standard InChI is InChI=1S/C16H24O/c1-3-5-7-8-10-14-11-9-13-16(17)15(14)12-6-4-2/h4,14-15H,2-3,5-7,9,11-13H2,1H3/t14-,15-/m0/s1. The van der Waals surface area contributed by atoms with Gasteiger partial charge < -0.3 is 0 Å². The summed E-state index contributed by atoms with van der Waals surface area (Å²) in [6.45, 7) is 5.91. The van der Waals surface area contributed by atoms with Crippen LogP contribution in [0.25, 0.3) is 0 Å². The Balaban J connectivity index is 2.54. The third kappa shape index (κ3) is 4.77. The molecule has 0 saturated heterocycles. The van der Waals surface area contributed by atoms with Gasteiger partial charge in [-0.2, -0.15) is 0 Å². The number of carbonyl (C=O) groups excluding carboxylic acids is 1. The number of hydrogen-bond donors (Lipinski definition) is 0. The summed E-state index contributed by atoms with van der Waals surface area (Å²) in [5.41, 5.74) is 0. The van der Waals surface area contributed by atoms with E-state index in [0.29, 0.717) is 11.7 Å². The first-order valence-electron chi connectivity index (χ1n) is 6.91. The molecular formula is C16H24O. The summed E-state index contributed by atoms with van der Waals surface area (Å²) < 4.78 is 0. The minimum atomic E-state index is 0.177. The van der Waals surface area contributed by atoms with Gasteiger partial charge in [0.2, 0.25) is 0 Å². The van der Waals surface area contributed by atoms with Crippen LogP contribution >= 0.6 is 0 Å². The van der Waals surface area contributed by atoms with E-state index in [2.05, 4.69) is 25.3 Å². The number of Topliss-reactive ketones (excluding diaryl/α,β-unsaturated/α-hetero) is 1. The molecule has 0 spiro atoms. The van der Waals surface area contributed by atoms with Crippen LogP contribution in [-0.4, -0.2) is 5.78 Å². The maximum atomic E-state index is 11.9.